The zero-order valence-corrected chi connectivity index (χ0v) is 39.9. The molecule has 2 heterocycles. The Morgan fingerprint density at radius 1 is 0.851 bits per heavy atom. The normalized spacial score (nSPS) is 15.0. The third-order valence-electron chi connectivity index (χ3n) is 11.3. The van der Waals surface area contributed by atoms with Gasteiger partial charge in [0.1, 0.15) is 35.2 Å². The maximum absolute atomic E-state index is 14.0. The molecule has 354 valence electrons. The zero-order chi connectivity index (χ0) is 47.9. The minimum absolute atomic E-state index is 0.0367. The molecule has 4 N–H and O–H groups in total. The van der Waals surface area contributed by atoms with Crippen LogP contribution in [-0.2, 0) is 37.1 Å². The predicted octanol–water partition coefficient (Wildman–Crippen LogP) is 7.55. The fraction of sp³-hybridized carbons (Fsp3) is 0.373. The number of halogens is 1. The van der Waals surface area contributed by atoms with Crippen LogP contribution in [0, 0.1) is 12.3 Å². The molecule has 3 atom stereocenters. The summed E-state index contributed by atoms with van der Waals surface area (Å²) in [4.78, 5) is 74.2. The number of aliphatic hydroxyl groups is 1. The molecule has 1 saturated heterocycles. The molecule has 67 heavy (non-hydrogen) atoms. The van der Waals surface area contributed by atoms with Crippen LogP contribution in [0.5, 0.6) is 17.2 Å². The number of alkyl halides is 1. The zero-order valence-electron chi connectivity index (χ0n) is 38.3. The Bertz CT molecular complexity index is 2430. The second-order valence-corrected chi connectivity index (χ2v) is 18.6. The number of carbonyl (C=O) groups excluding carboxylic acids is 5. The molecular formula is C51H59ClN6O8S. The third kappa shape index (κ3) is 14.6. The second kappa shape index (κ2) is 23.9. The number of amides is 5. The summed E-state index contributed by atoms with van der Waals surface area (Å²) in [5.41, 5.74) is 5.66. The molecular weight excluding hydrogens is 892 g/mol. The number of aryl methyl sites for hydroxylation is 1. The van der Waals surface area contributed by atoms with Gasteiger partial charge in [-0.15, -0.1) is 22.9 Å². The van der Waals surface area contributed by atoms with E-state index in [0.29, 0.717) is 55.5 Å². The van der Waals surface area contributed by atoms with Crippen molar-refractivity contribution < 1.29 is 38.6 Å². The molecule has 16 heteroatoms. The van der Waals surface area contributed by atoms with Gasteiger partial charge in [0, 0.05) is 44.6 Å². The quantitative estimate of drug-likeness (QED) is 0.0427. The highest BCUT2D eigenvalue weighted by Crippen LogP contribution is 2.30. The lowest BCUT2D eigenvalue weighted by molar-refractivity contribution is -0.144. The lowest BCUT2D eigenvalue weighted by Crippen LogP contribution is -2.57. The Balaban J connectivity index is 0.875. The molecule has 0 saturated carbocycles. The van der Waals surface area contributed by atoms with Crippen LogP contribution in [0.2, 0.25) is 0 Å². The molecule has 5 amide bonds. The Hall–Kier alpha value is -6.29. The van der Waals surface area contributed by atoms with E-state index in [-0.39, 0.29) is 56.0 Å². The number of carbonyl (C=O) groups is 5. The number of nitrogens with one attached hydrogen (secondary N) is 3. The van der Waals surface area contributed by atoms with Gasteiger partial charge in [-0.1, -0.05) is 75.4 Å². The fourth-order valence-corrected chi connectivity index (χ4v) is 8.53. The van der Waals surface area contributed by atoms with Crippen LogP contribution < -0.4 is 30.3 Å². The number of nitrogens with zero attached hydrogens (tertiary/aromatic N) is 3. The predicted molar refractivity (Wildman–Crippen MR) is 260 cm³/mol. The first-order valence-corrected chi connectivity index (χ1v) is 23.8. The fourth-order valence-electron chi connectivity index (χ4n) is 7.57. The van der Waals surface area contributed by atoms with Crippen molar-refractivity contribution in [1.82, 2.24) is 25.8 Å². The van der Waals surface area contributed by atoms with E-state index in [1.165, 1.54) is 4.90 Å². The van der Waals surface area contributed by atoms with Gasteiger partial charge in [0.15, 0.2) is 0 Å². The van der Waals surface area contributed by atoms with E-state index in [4.69, 9.17) is 21.1 Å². The maximum Gasteiger partial charge on any atom is 0.246 e. The summed E-state index contributed by atoms with van der Waals surface area (Å²) in [7, 11) is 0. The van der Waals surface area contributed by atoms with Crippen molar-refractivity contribution in [1.29, 1.82) is 0 Å². The first kappa shape index (κ1) is 50.1. The van der Waals surface area contributed by atoms with Crippen molar-refractivity contribution >= 4 is 58.2 Å². The molecule has 14 nitrogen and oxygen atoms in total. The minimum Gasteiger partial charge on any atom is -0.494 e. The van der Waals surface area contributed by atoms with E-state index in [1.807, 2.05) is 107 Å². The number of likely N-dealkylation sites (tertiary alicyclic amines) is 1. The van der Waals surface area contributed by atoms with E-state index in [9.17, 15) is 29.1 Å². The number of β-amino-alcohol motifs (C(OH)–C–C–N with tert-alkyl or cyclic N) is 1. The van der Waals surface area contributed by atoms with E-state index in [2.05, 4.69) is 20.9 Å². The SMILES string of the molecule is Cc1ncsc1-c1ccc(CNC(=O)[C@H]2C[C@@H](O)CN2C(=O)C(NC(=O)CCC(=O)NCCCCOc2ccc(Oc3ccc(N(Cc4ccccc4)C(=O)CCl)cc3)cc2)C(C)(C)C)cc1. The Kier molecular flexibility index (Phi) is 17.9. The van der Waals surface area contributed by atoms with Crippen LogP contribution >= 0.6 is 22.9 Å². The smallest absolute Gasteiger partial charge is 0.246 e. The summed E-state index contributed by atoms with van der Waals surface area (Å²) >= 11 is 7.47. The third-order valence-corrected chi connectivity index (χ3v) is 12.5. The van der Waals surface area contributed by atoms with Gasteiger partial charge < -0.3 is 40.3 Å². The van der Waals surface area contributed by atoms with Gasteiger partial charge in [-0.05, 0) is 90.4 Å². The van der Waals surface area contributed by atoms with Gasteiger partial charge in [0.2, 0.25) is 29.5 Å². The maximum atomic E-state index is 14.0. The number of hydrogen-bond acceptors (Lipinski definition) is 10. The topological polar surface area (TPSA) is 179 Å². The van der Waals surface area contributed by atoms with Crippen molar-refractivity contribution in [2.24, 2.45) is 5.41 Å². The molecule has 0 bridgehead atoms. The Morgan fingerprint density at radius 2 is 1.51 bits per heavy atom. The van der Waals surface area contributed by atoms with Crippen LogP contribution in [0.15, 0.2) is 109 Å². The molecule has 6 rings (SSSR count). The molecule has 0 radical (unpaired) electrons. The number of aromatic nitrogens is 1. The summed E-state index contributed by atoms with van der Waals surface area (Å²) in [6.07, 6.45) is 0.333. The Labute approximate surface area is 401 Å². The average molecular weight is 952 g/mol. The van der Waals surface area contributed by atoms with Gasteiger partial charge in [0.05, 0.1) is 35.3 Å². The second-order valence-electron chi connectivity index (χ2n) is 17.5. The highest BCUT2D eigenvalue weighted by atomic mass is 35.5. The summed E-state index contributed by atoms with van der Waals surface area (Å²) < 4.78 is 11.9. The van der Waals surface area contributed by atoms with E-state index in [1.54, 1.807) is 46.0 Å². The summed E-state index contributed by atoms with van der Waals surface area (Å²) in [5.74, 6) is -0.0473. The number of ether oxygens (including phenoxy) is 2. The number of aliphatic hydroxyl groups excluding tert-OH is 1. The first-order chi connectivity index (χ1) is 32.2. The largest absolute Gasteiger partial charge is 0.494 e. The van der Waals surface area contributed by atoms with E-state index in [0.717, 1.165) is 27.3 Å². The molecule has 1 unspecified atom stereocenters. The van der Waals surface area contributed by atoms with Crippen LogP contribution in [0.3, 0.4) is 0 Å². The van der Waals surface area contributed by atoms with Crippen LogP contribution in [0.4, 0.5) is 5.69 Å². The summed E-state index contributed by atoms with van der Waals surface area (Å²) in [6.45, 7) is 8.84. The highest BCUT2D eigenvalue weighted by Gasteiger charge is 2.44. The van der Waals surface area contributed by atoms with E-state index >= 15 is 0 Å². The number of rotatable bonds is 21. The van der Waals surface area contributed by atoms with Crippen LogP contribution in [0.1, 0.15) is 69.7 Å². The van der Waals surface area contributed by atoms with Crippen molar-refractivity contribution in [2.45, 2.75) is 91.1 Å². The minimum atomic E-state index is -0.995. The van der Waals surface area contributed by atoms with Gasteiger partial charge in [-0.25, -0.2) is 4.98 Å². The number of hydrogen-bond donors (Lipinski definition) is 4. The summed E-state index contributed by atoms with van der Waals surface area (Å²) in [5, 5.41) is 19.1. The molecule has 0 spiro atoms. The number of thiazole rings is 1. The molecule has 1 aliphatic heterocycles. The van der Waals surface area contributed by atoms with Crippen molar-refractivity contribution in [3.63, 3.8) is 0 Å². The lowest BCUT2D eigenvalue weighted by Gasteiger charge is -2.35. The molecule has 1 fully saturated rings. The van der Waals surface area contributed by atoms with Crippen molar-refractivity contribution in [3.05, 3.63) is 125 Å². The standard InChI is InChI=1S/C51H59ClN6O8S/c1-34-47(67-33-55-34)37-14-12-35(13-15-37)30-54-49(63)43-28-39(59)32-58(43)50(64)48(51(2,3)4)56-45(61)25-24-44(60)53-26-8-9-27-65-40-20-22-42(23-21-40)66-41-18-16-38(17-19-41)57(46(62)29-52)31-36-10-6-5-7-11-36/h5-7,10-23,33,39,43,48,59H,8-9,24-32H2,1-4H3,(H,53,60)(H,54,63)(H,56,61)/t39-,43-,48?/m1/s1. The van der Waals surface area contributed by atoms with Crippen molar-refractivity contribution in [3.8, 4) is 27.7 Å². The Morgan fingerprint density at radius 3 is 2.15 bits per heavy atom. The number of unbranched alkanes of at least 4 members (excludes halogenated alkanes) is 1. The van der Waals surface area contributed by atoms with Crippen LogP contribution in [-0.4, -0.2) is 88.3 Å². The molecule has 4 aromatic carbocycles. The lowest BCUT2D eigenvalue weighted by atomic mass is 9.85. The molecule has 1 aromatic heterocycles. The van der Waals surface area contributed by atoms with Crippen molar-refractivity contribution in [2.75, 3.05) is 30.5 Å². The number of anilines is 1. The number of benzene rings is 4. The van der Waals surface area contributed by atoms with Gasteiger partial charge in [-0.2, -0.15) is 0 Å². The molecule has 5 aromatic rings. The molecule has 1 aliphatic rings. The van der Waals surface area contributed by atoms with E-state index < -0.39 is 35.4 Å². The first-order valence-electron chi connectivity index (χ1n) is 22.4. The monoisotopic (exact) mass is 950 g/mol. The van der Waals surface area contributed by atoms with Gasteiger partial charge in [0.25, 0.3) is 0 Å². The molecule has 0 aliphatic carbocycles. The summed E-state index contributed by atoms with van der Waals surface area (Å²) in [6, 6.07) is 30.1. The van der Waals surface area contributed by atoms with Crippen LogP contribution in [0.25, 0.3) is 10.4 Å². The van der Waals surface area contributed by atoms with Gasteiger partial charge in [-0.3, -0.25) is 24.0 Å². The average Bonchev–Trinajstić information content (AvgIpc) is 3.95. The highest BCUT2D eigenvalue weighted by molar-refractivity contribution is 7.13. The van der Waals surface area contributed by atoms with Gasteiger partial charge >= 0.3 is 0 Å².